The lowest BCUT2D eigenvalue weighted by atomic mass is 10.1. The predicted molar refractivity (Wildman–Crippen MR) is 128 cm³/mol. The number of thiazole rings is 1. The molecule has 0 aliphatic heterocycles. The summed E-state index contributed by atoms with van der Waals surface area (Å²) in [4.78, 5) is 32.6. The summed E-state index contributed by atoms with van der Waals surface area (Å²) >= 11 is 1.32. The Bertz CT molecular complexity index is 1220. The second-order valence-electron chi connectivity index (χ2n) is 7.31. The Kier molecular flexibility index (Phi) is 6.95. The Morgan fingerprint density at radius 3 is 2.48 bits per heavy atom. The van der Waals surface area contributed by atoms with Crippen LogP contribution in [0.3, 0.4) is 0 Å². The van der Waals surface area contributed by atoms with Crippen molar-refractivity contribution >= 4 is 28.3 Å². The third kappa shape index (κ3) is 5.18. The maximum absolute atomic E-state index is 13.5. The zero-order valence-corrected chi connectivity index (χ0v) is 19.3. The molecule has 168 valence electrons. The molecule has 0 spiro atoms. The number of anilines is 1. The molecule has 4 aromatic rings. The summed E-state index contributed by atoms with van der Waals surface area (Å²) in [6.07, 6.45) is 4.21. The minimum atomic E-state index is -0.475. The second-order valence-corrected chi connectivity index (χ2v) is 8.49. The lowest BCUT2D eigenvalue weighted by Gasteiger charge is -2.20. The molecule has 0 atom stereocenters. The molecular weight excluding hydrogens is 436 g/mol. The molecule has 0 aliphatic rings. The van der Waals surface area contributed by atoms with E-state index in [1.165, 1.54) is 11.3 Å². The second kappa shape index (κ2) is 10.2. The molecule has 0 radical (unpaired) electrons. The van der Waals surface area contributed by atoms with E-state index in [1.807, 2.05) is 61.7 Å². The van der Waals surface area contributed by atoms with Crippen molar-refractivity contribution in [2.45, 2.75) is 20.3 Å². The Morgan fingerprint density at radius 2 is 1.82 bits per heavy atom. The monoisotopic (exact) mass is 460 g/mol. The molecule has 7 nitrogen and oxygen atoms in total. The van der Waals surface area contributed by atoms with Gasteiger partial charge in [-0.15, -0.1) is 11.3 Å². The van der Waals surface area contributed by atoms with Crippen LogP contribution in [0.5, 0.6) is 0 Å². The number of amides is 1. The SMILES string of the molecule is CCOC(=O)c1nc(N(CCc2ccccc2)C(=O)c2ccc(-n3cccn3)cc2)sc1C. The summed E-state index contributed by atoms with van der Waals surface area (Å²) in [7, 11) is 0. The summed E-state index contributed by atoms with van der Waals surface area (Å²) in [5.41, 5.74) is 2.76. The van der Waals surface area contributed by atoms with Crippen molar-refractivity contribution < 1.29 is 14.3 Å². The summed E-state index contributed by atoms with van der Waals surface area (Å²) in [5, 5.41) is 4.70. The van der Waals surface area contributed by atoms with E-state index in [0.717, 1.165) is 16.1 Å². The highest BCUT2D eigenvalue weighted by Crippen LogP contribution is 2.28. The van der Waals surface area contributed by atoms with Gasteiger partial charge in [-0.3, -0.25) is 9.69 Å². The first-order valence-corrected chi connectivity index (χ1v) is 11.5. The number of hydrogen-bond donors (Lipinski definition) is 0. The molecule has 0 saturated heterocycles. The maximum atomic E-state index is 13.5. The highest BCUT2D eigenvalue weighted by molar-refractivity contribution is 7.16. The van der Waals surface area contributed by atoms with Crippen LogP contribution in [0.1, 0.15) is 38.2 Å². The molecule has 2 aromatic carbocycles. The van der Waals surface area contributed by atoms with Gasteiger partial charge in [0, 0.05) is 29.4 Å². The van der Waals surface area contributed by atoms with Crippen molar-refractivity contribution in [1.82, 2.24) is 14.8 Å². The molecule has 8 heteroatoms. The Morgan fingerprint density at radius 1 is 1.06 bits per heavy atom. The van der Waals surface area contributed by atoms with Crippen molar-refractivity contribution in [3.8, 4) is 5.69 Å². The lowest BCUT2D eigenvalue weighted by Crippen LogP contribution is -2.33. The third-order valence-electron chi connectivity index (χ3n) is 5.08. The normalized spacial score (nSPS) is 10.7. The Hall–Kier alpha value is -3.78. The number of aromatic nitrogens is 3. The molecule has 0 saturated carbocycles. The number of hydrogen-bond acceptors (Lipinski definition) is 6. The number of benzene rings is 2. The van der Waals surface area contributed by atoms with E-state index in [9.17, 15) is 9.59 Å². The van der Waals surface area contributed by atoms with Crippen LogP contribution in [0.2, 0.25) is 0 Å². The van der Waals surface area contributed by atoms with Crippen LogP contribution in [-0.2, 0) is 11.2 Å². The molecule has 0 bridgehead atoms. The topological polar surface area (TPSA) is 77.3 Å². The fraction of sp³-hybridized carbons (Fsp3) is 0.200. The number of aryl methyl sites for hydroxylation is 1. The van der Waals surface area contributed by atoms with E-state index >= 15 is 0 Å². The predicted octanol–water partition coefficient (Wildman–Crippen LogP) is 4.70. The summed E-state index contributed by atoms with van der Waals surface area (Å²) < 4.78 is 6.85. The molecule has 2 heterocycles. The Balaban J connectivity index is 1.63. The average molecular weight is 461 g/mol. The van der Waals surface area contributed by atoms with Crippen LogP contribution in [0.4, 0.5) is 5.13 Å². The number of ether oxygens (including phenoxy) is 1. The van der Waals surface area contributed by atoms with Gasteiger partial charge in [-0.1, -0.05) is 30.3 Å². The number of nitrogens with zero attached hydrogens (tertiary/aromatic N) is 4. The first-order chi connectivity index (χ1) is 16.1. The third-order valence-corrected chi connectivity index (χ3v) is 6.07. The summed E-state index contributed by atoms with van der Waals surface area (Å²) in [6.45, 7) is 4.26. The highest BCUT2D eigenvalue weighted by atomic mass is 32.1. The quantitative estimate of drug-likeness (QED) is 0.356. The minimum absolute atomic E-state index is 0.179. The van der Waals surface area contributed by atoms with Gasteiger partial charge in [0.25, 0.3) is 5.91 Å². The first-order valence-electron chi connectivity index (χ1n) is 10.7. The maximum Gasteiger partial charge on any atom is 0.358 e. The molecule has 0 N–H and O–H groups in total. The van der Waals surface area contributed by atoms with Gasteiger partial charge in [0.15, 0.2) is 10.8 Å². The van der Waals surface area contributed by atoms with Gasteiger partial charge in [0.2, 0.25) is 0 Å². The van der Waals surface area contributed by atoms with Gasteiger partial charge >= 0.3 is 5.97 Å². The van der Waals surface area contributed by atoms with Crippen molar-refractivity contribution in [2.24, 2.45) is 0 Å². The fourth-order valence-electron chi connectivity index (χ4n) is 3.39. The van der Waals surface area contributed by atoms with Crippen molar-refractivity contribution in [3.05, 3.63) is 94.8 Å². The zero-order valence-electron chi connectivity index (χ0n) is 18.5. The lowest BCUT2D eigenvalue weighted by molar-refractivity contribution is 0.0519. The van der Waals surface area contributed by atoms with Crippen LogP contribution >= 0.6 is 11.3 Å². The molecular formula is C25H24N4O3S. The molecule has 2 aromatic heterocycles. The molecule has 0 unspecified atom stereocenters. The van der Waals surface area contributed by atoms with E-state index in [-0.39, 0.29) is 18.2 Å². The van der Waals surface area contributed by atoms with Crippen LogP contribution in [0.25, 0.3) is 5.69 Å². The van der Waals surface area contributed by atoms with E-state index in [0.29, 0.717) is 23.7 Å². The first kappa shape index (κ1) is 22.4. The van der Waals surface area contributed by atoms with Gasteiger partial charge in [-0.2, -0.15) is 5.10 Å². The number of rotatable bonds is 8. The smallest absolute Gasteiger partial charge is 0.358 e. The van der Waals surface area contributed by atoms with Crippen molar-refractivity contribution in [1.29, 1.82) is 0 Å². The van der Waals surface area contributed by atoms with E-state index in [1.54, 1.807) is 34.8 Å². The number of carbonyl (C=O) groups is 2. The number of esters is 1. The van der Waals surface area contributed by atoms with Gasteiger partial charge < -0.3 is 4.74 Å². The van der Waals surface area contributed by atoms with Gasteiger partial charge in [-0.05, 0) is 56.2 Å². The van der Waals surface area contributed by atoms with Crippen LogP contribution in [0.15, 0.2) is 73.1 Å². The van der Waals surface area contributed by atoms with Crippen LogP contribution < -0.4 is 4.90 Å². The fourth-order valence-corrected chi connectivity index (χ4v) is 4.31. The molecule has 33 heavy (non-hydrogen) atoms. The Labute approximate surface area is 196 Å². The average Bonchev–Trinajstić information content (AvgIpc) is 3.50. The molecule has 0 aliphatic carbocycles. The highest BCUT2D eigenvalue weighted by Gasteiger charge is 2.25. The van der Waals surface area contributed by atoms with Crippen molar-refractivity contribution in [2.75, 3.05) is 18.1 Å². The molecule has 4 rings (SSSR count). The standard InChI is InChI=1S/C25H24N4O3S/c1-3-32-24(31)22-18(2)33-25(27-22)28(17-14-19-8-5-4-6-9-19)23(30)20-10-12-21(13-11-20)29-16-7-15-26-29/h4-13,15-16H,3,14,17H2,1-2H3. The summed E-state index contributed by atoms with van der Waals surface area (Å²) in [6, 6.07) is 19.1. The molecule has 0 fully saturated rings. The van der Waals surface area contributed by atoms with Crippen molar-refractivity contribution in [3.63, 3.8) is 0 Å². The van der Waals surface area contributed by atoms with Crippen LogP contribution in [0, 0.1) is 6.92 Å². The zero-order chi connectivity index (χ0) is 23.2. The molecule has 1 amide bonds. The minimum Gasteiger partial charge on any atom is -0.461 e. The summed E-state index contributed by atoms with van der Waals surface area (Å²) in [5.74, 6) is -0.654. The number of carbonyl (C=O) groups excluding carboxylic acids is 2. The van der Waals surface area contributed by atoms with E-state index in [2.05, 4.69) is 10.1 Å². The van der Waals surface area contributed by atoms with Gasteiger partial charge in [-0.25, -0.2) is 14.5 Å². The largest absolute Gasteiger partial charge is 0.461 e. The van der Waals surface area contributed by atoms with E-state index in [4.69, 9.17) is 4.74 Å². The van der Waals surface area contributed by atoms with E-state index < -0.39 is 5.97 Å². The van der Waals surface area contributed by atoms with Gasteiger partial charge in [0.05, 0.1) is 12.3 Å². The van der Waals surface area contributed by atoms with Gasteiger partial charge in [0.1, 0.15) is 0 Å². The van der Waals surface area contributed by atoms with Crippen LogP contribution in [-0.4, -0.2) is 39.8 Å².